The van der Waals surface area contributed by atoms with Gasteiger partial charge < -0.3 is 10.6 Å². The number of aromatic nitrogens is 2. The van der Waals surface area contributed by atoms with E-state index in [9.17, 15) is 10.1 Å². The maximum Gasteiger partial charge on any atom is 0.217 e. The lowest BCUT2D eigenvalue weighted by Crippen LogP contribution is -2.39. The highest BCUT2D eigenvalue weighted by Crippen LogP contribution is 2.50. The fraction of sp³-hybridized carbons (Fsp3) is 0.414. The highest BCUT2D eigenvalue weighted by Gasteiger charge is 2.48. The second-order valence-corrected chi connectivity index (χ2v) is 10.9. The van der Waals surface area contributed by atoms with Crippen LogP contribution in [0, 0.1) is 29.1 Å². The molecule has 1 aromatic carbocycles. The molecule has 2 aliphatic carbocycles. The molecular formula is C29H31N7O. The highest BCUT2D eigenvalue weighted by molar-refractivity contribution is 6.18. The molecule has 2 bridgehead atoms. The minimum absolute atomic E-state index is 0.0717. The van der Waals surface area contributed by atoms with Crippen molar-refractivity contribution in [2.24, 2.45) is 28.0 Å². The molecule has 188 valence electrons. The molecule has 2 aromatic heterocycles. The number of nitriles is 1. The van der Waals surface area contributed by atoms with E-state index in [1.807, 2.05) is 22.7 Å². The molecule has 3 aromatic rings. The number of nitrogens with one attached hydrogen (secondary N) is 2. The van der Waals surface area contributed by atoms with Gasteiger partial charge in [-0.15, -0.1) is 0 Å². The molecule has 8 heteroatoms. The topological polar surface area (TPSA) is 107 Å². The van der Waals surface area contributed by atoms with E-state index in [2.05, 4.69) is 64.1 Å². The van der Waals surface area contributed by atoms with Crippen LogP contribution in [0.3, 0.4) is 0 Å². The smallest absolute Gasteiger partial charge is 0.217 e. The maximum absolute atomic E-state index is 11.5. The Hall–Kier alpha value is -3.99. The molecule has 2 fully saturated rings. The van der Waals surface area contributed by atoms with Crippen LogP contribution >= 0.6 is 0 Å². The van der Waals surface area contributed by atoms with Crippen molar-refractivity contribution in [3.63, 3.8) is 0 Å². The van der Waals surface area contributed by atoms with Gasteiger partial charge in [-0.1, -0.05) is 12.1 Å². The molecule has 4 atom stereocenters. The molecule has 1 aliphatic heterocycles. The number of carbonyl (C=O) groups excluding carboxylic acids is 1. The predicted molar refractivity (Wildman–Crippen MR) is 145 cm³/mol. The van der Waals surface area contributed by atoms with E-state index < -0.39 is 0 Å². The van der Waals surface area contributed by atoms with E-state index >= 15 is 0 Å². The summed E-state index contributed by atoms with van der Waals surface area (Å²) in [7, 11) is 0. The summed E-state index contributed by atoms with van der Waals surface area (Å²) in [5.74, 6) is 1.68. The average molecular weight is 494 g/mol. The van der Waals surface area contributed by atoms with Gasteiger partial charge >= 0.3 is 0 Å². The number of hydrogen-bond donors (Lipinski definition) is 2. The fourth-order valence-electron chi connectivity index (χ4n) is 6.51. The van der Waals surface area contributed by atoms with Crippen LogP contribution in [-0.2, 0) is 4.79 Å². The van der Waals surface area contributed by atoms with Gasteiger partial charge in [-0.3, -0.25) is 4.79 Å². The first-order valence-electron chi connectivity index (χ1n) is 13.1. The van der Waals surface area contributed by atoms with Crippen LogP contribution in [0.2, 0.25) is 0 Å². The molecule has 4 unspecified atom stereocenters. The summed E-state index contributed by atoms with van der Waals surface area (Å²) >= 11 is 0. The molecule has 3 heterocycles. The van der Waals surface area contributed by atoms with Gasteiger partial charge in [-0.05, 0) is 69.2 Å². The van der Waals surface area contributed by atoms with Crippen molar-refractivity contribution in [1.29, 1.82) is 5.26 Å². The molecule has 8 nitrogen and oxygen atoms in total. The molecule has 37 heavy (non-hydrogen) atoms. The van der Waals surface area contributed by atoms with E-state index in [1.165, 1.54) is 12.1 Å². The number of amides is 1. The van der Waals surface area contributed by atoms with Crippen LogP contribution in [0.25, 0.3) is 16.8 Å². The second kappa shape index (κ2) is 9.15. The Labute approximate surface area is 216 Å². The molecular weight excluding hydrogens is 462 g/mol. The Balaban J connectivity index is 1.23. The van der Waals surface area contributed by atoms with E-state index in [1.54, 1.807) is 13.1 Å². The Morgan fingerprint density at radius 1 is 1.11 bits per heavy atom. The standard InChI is InChI=1S/C29H31N7O/c1-16(2)32-26-11-19(29-7-5-22-8-18(14-30)15-31-36(22)29)4-6-23(26)27-13-28(35-34-27)24-10-21-9-20(24)12-25(21)33-17(3)37/h4-8,11,15-16,20-21,24-25,32H,9-10,12-13H2,1-3H3,(H,33,37). The minimum Gasteiger partial charge on any atom is -0.382 e. The first kappa shape index (κ1) is 23.4. The SMILES string of the molecule is CC(=O)NC1CC2CC1CC2C1=NN=C(c2ccc(-c3ccc4cc(C#N)cnn34)cc2NC(C)C)C1. The number of anilines is 1. The molecule has 3 aliphatic rings. The van der Waals surface area contributed by atoms with Crippen molar-refractivity contribution in [2.45, 2.75) is 58.5 Å². The van der Waals surface area contributed by atoms with Crippen molar-refractivity contribution < 1.29 is 4.79 Å². The van der Waals surface area contributed by atoms with E-state index in [0.29, 0.717) is 29.4 Å². The normalized spacial score (nSPS) is 24.3. The minimum atomic E-state index is 0.0717. The maximum atomic E-state index is 11.5. The van der Waals surface area contributed by atoms with Crippen molar-refractivity contribution in [2.75, 3.05) is 5.32 Å². The number of carbonyl (C=O) groups is 1. The quantitative estimate of drug-likeness (QED) is 0.515. The number of hydrogen-bond acceptors (Lipinski definition) is 6. The lowest BCUT2D eigenvalue weighted by atomic mass is 9.81. The second-order valence-electron chi connectivity index (χ2n) is 10.9. The Morgan fingerprint density at radius 2 is 1.97 bits per heavy atom. The van der Waals surface area contributed by atoms with Crippen LogP contribution in [0.15, 0.2) is 52.8 Å². The van der Waals surface area contributed by atoms with Crippen molar-refractivity contribution in [3.05, 3.63) is 53.7 Å². The van der Waals surface area contributed by atoms with Crippen molar-refractivity contribution in [1.82, 2.24) is 14.9 Å². The Bertz CT molecular complexity index is 1490. The summed E-state index contributed by atoms with van der Waals surface area (Å²) in [5.41, 5.74) is 7.76. The summed E-state index contributed by atoms with van der Waals surface area (Å²) in [6, 6.07) is 15.0. The zero-order chi connectivity index (χ0) is 25.7. The third-order valence-electron chi connectivity index (χ3n) is 8.02. The van der Waals surface area contributed by atoms with Crippen LogP contribution in [0.4, 0.5) is 5.69 Å². The van der Waals surface area contributed by atoms with Gasteiger partial charge in [-0.2, -0.15) is 20.6 Å². The van der Waals surface area contributed by atoms with Crippen molar-refractivity contribution in [3.8, 4) is 17.3 Å². The van der Waals surface area contributed by atoms with Crippen LogP contribution in [0.5, 0.6) is 0 Å². The monoisotopic (exact) mass is 493 g/mol. The first-order valence-corrected chi connectivity index (χ1v) is 13.1. The van der Waals surface area contributed by atoms with Crippen LogP contribution in [-0.4, -0.2) is 39.0 Å². The zero-order valence-electron chi connectivity index (χ0n) is 21.4. The lowest BCUT2D eigenvalue weighted by molar-refractivity contribution is -0.120. The summed E-state index contributed by atoms with van der Waals surface area (Å²) in [6.45, 7) is 5.87. The van der Waals surface area contributed by atoms with Crippen molar-refractivity contribution >= 4 is 28.5 Å². The average Bonchev–Trinajstić information content (AvgIpc) is 3.65. The highest BCUT2D eigenvalue weighted by atomic mass is 16.1. The number of benzene rings is 1. The number of rotatable bonds is 6. The molecule has 6 rings (SSSR count). The molecule has 0 saturated heterocycles. The van der Waals surface area contributed by atoms with E-state index in [0.717, 1.165) is 53.0 Å². The Kier molecular flexibility index (Phi) is 5.79. The fourth-order valence-corrected chi connectivity index (χ4v) is 6.51. The van der Waals surface area contributed by atoms with Gasteiger partial charge in [-0.25, -0.2) is 4.52 Å². The van der Waals surface area contributed by atoms with E-state index in [-0.39, 0.29) is 11.9 Å². The summed E-state index contributed by atoms with van der Waals surface area (Å²) < 4.78 is 1.87. The largest absolute Gasteiger partial charge is 0.382 e. The Morgan fingerprint density at radius 3 is 2.70 bits per heavy atom. The zero-order valence-corrected chi connectivity index (χ0v) is 21.4. The van der Waals surface area contributed by atoms with Crippen LogP contribution in [0.1, 0.15) is 57.6 Å². The molecule has 0 spiro atoms. The van der Waals surface area contributed by atoms with Gasteiger partial charge in [0, 0.05) is 53.9 Å². The molecule has 2 N–H and O–H groups in total. The molecule has 0 radical (unpaired) electrons. The number of nitrogens with zero attached hydrogens (tertiary/aromatic N) is 5. The molecule has 2 saturated carbocycles. The summed E-state index contributed by atoms with van der Waals surface area (Å²) in [5, 5.41) is 29.8. The van der Waals surface area contributed by atoms with Gasteiger partial charge in [0.2, 0.25) is 5.91 Å². The van der Waals surface area contributed by atoms with Crippen LogP contribution < -0.4 is 10.6 Å². The molecule has 1 amide bonds. The van der Waals surface area contributed by atoms with E-state index in [4.69, 9.17) is 0 Å². The third kappa shape index (κ3) is 4.29. The predicted octanol–water partition coefficient (Wildman–Crippen LogP) is 4.79. The lowest BCUT2D eigenvalue weighted by Gasteiger charge is -2.28. The summed E-state index contributed by atoms with van der Waals surface area (Å²) in [4.78, 5) is 11.5. The first-order chi connectivity index (χ1) is 17.9. The summed E-state index contributed by atoms with van der Waals surface area (Å²) in [6.07, 6.45) is 5.69. The van der Waals surface area contributed by atoms with Gasteiger partial charge in [0.1, 0.15) is 6.07 Å². The van der Waals surface area contributed by atoms with Gasteiger partial charge in [0.25, 0.3) is 0 Å². The third-order valence-corrected chi connectivity index (χ3v) is 8.02. The number of fused-ring (bicyclic) bond motifs is 3. The van der Waals surface area contributed by atoms with Gasteiger partial charge in [0.15, 0.2) is 0 Å². The van der Waals surface area contributed by atoms with Gasteiger partial charge in [0.05, 0.1) is 28.7 Å².